The second-order valence-electron chi connectivity index (χ2n) is 6.68. The first-order chi connectivity index (χ1) is 15.9. The van der Waals surface area contributed by atoms with Gasteiger partial charge in [-0.1, -0.05) is 27.5 Å². The molecule has 0 unspecified atom stereocenters. The number of alkyl halides is 3. The van der Waals surface area contributed by atoms with Crippen LogP contribution in [0, 0.1) is 0 Å². The monoisotopic (exact) mass is 578 g/mol. The summed E-state index contributed by atoms with van der Waals surface area (Å²) in [5.41, 5.74) is -0.956. The molecule has 12 heteroatoms. The summed E-state index contributed by atoms with van der Waals surface area (Å²) in [5.74, 6) is -1.08. The van der Waals surface area contributed by atoms with Crippen molar-refractivity contribution in [2.75, 3.05) is 13.7 Å². The highest BCUT2D eigenvalue weighted by Crippen LogP contribution is 2.39. The molecule has 0 N–H and O–H groups in total. The number of hydrogen-bond acceptors (Lipinski definition) is 6. The lowest BCUT2D eigenvalue weighted by Gasteiger charge is -2.15. The van der Waals surface area contributed by atoms with E-state index in [1.807, 2.05) is 0 Å². The summed E-state index contributed by atoms with van der Waals surface area (Å²) in [6.45, 7) is -0.593. The summed E-state index contributed by atoms with van der Waals surface area (Å²) < 4.78 is 81.0. The van der Waals surface area contributed by atoms with E-state index in [0.29, 0.717) is 10.5 Å². The summed E-state index contributed by atoms with van der Waals surface area (Å²) in [4.78, 5) is 11.3. The molecule has 34 heavy (non-hydrogen) atoms. The van der Waals surface area contributed by atoms with Gasteiger partial charge in [0.15, 0.2) is 6.61 Å². The van der Waals surface area contributed by atoms with Crippen LogP contribution in [-0.2, 0) is 25.5 Å². The van der Waals surface area contributed by atoms with E-state index < -0.39 is 34.2 Å². The summed E-state index contributed by atoms with van der Waals surface area (Å²) in [5, 5.41) is -0.307. The molecule has 6 nitrogen and oxygen atoms in total. The van der Waals surface area contributed by atoms with Gasteiger partial charge < -0.3 is 14.2 Å². The predicted molar refractivity (Wildman–Crippen MR) is 120 cm³/mol. The SMILES string of the molecule is COC(=O)COc1cc(Oc2ccc(C(F)(F)F)cc2Cl)ccc1S(=O)(=O)c1ccc(Br)cc1. The molecule has 0 amide bonds. The molecule has 0 aliphatic heterocycles. The Balaban J connectivity index is 2.00. The highest BCUT2D eigenvalue weighted by atomic mass is 79.9. The molecule has 0 spiro atoms. The molecule has 3 aromatic carbocycles. The largest absolute Gasteiger partial charge is 0.480 e. The maximum absolute atomic E-state index is 13.2. The van der Waals surface area contributed by atoms with Crippen LogP contribution < -0.4 is 9.47 Å². The van der Waals surface area contributed by atoms with Gasteiger partial charge in [-0.05, 0) is 54.6 Å². The van der Waals surface area contributed by atoms with Crippen molar-refractivity contribution >= 4 is 43.3 Å². The average molecular weight is 580 g/mol. The molecule has 0 heterocycles. The first-order valence-corrected chi connectivity index (χ1v) is 12.0. The van der Waals surface area contributed by atoms with Crippen LogP contribution in [0.3, 0.4) is 0 Å². The number of sulfone groups is 1. The number of benzene rings is 3. The number of halogens is 5. The molecule has 0 saturated carbocycles. The van der Waals surface area contributed by atoms with E-state index in [1.165, 1.54) is 30.3 Å². The Morgan fingerprint density at radius 1 is 1.00 bits per heavy atom. The van der Waals surface area contributed by atoms with Crippen LogP contribution in [-0.4, -0.2) is 28.1 Å². The predicted octanol–water partition coefficient (Wildman–Crippen LogP) is 6.30. The van der Waals surface area contributed by atoms with Gasteiger partial charge >= 0.3 is 12.1 Å². The van der Waals surface area contributed by atoms with Crippen LogP contribution in [0.1, 0.15) is 5.56 Å². The summed E-state index contributed by atoms with van der Waals surface area (Å²) in [7, 11) is -2.93. The van der Waals surface area contributed by atoms with Gasteiger partial charge in [0, 0.05) is 10.5 Å². The first kappa shape index (κ1) is 25.9. The number of carbonyl (C=O) groups is 1. The van der Waals surface area contributed by atoms with Crippen molar-refractivity contribution in [1.82, 2.24) is 0 Å². The van der Waals surface area contributed by atoms with Gasteiger partial charge in [0.1, 0.15) is 22.1 Å². The topological polar surface area (TPSA) is 78.9 Å². The lowest BCUT2D eigenvalue weighted by atomic mass is 10.2. The second kappa shape index (κ2) is 10.2. The van der Waals surface area contributed by atoms with Gasteiger partial charge in [0.05, 0.1) is 22.6 Å². The molecule has 0 atom stereocenters. The van der Waals surface area contributed by atoms with Crippen LogP contribution in [0.2, 0.25) is 5.02 Å². The van der Waals surface area contributed by atoms with E-state index in [9.17, 15) is 26.4 Å². The van der Waals surface area contributed by atoms with Crippen LogP contribution in [0.5, 0.6) is 17.2 Å². The zero-order valence-electron chi connectivity index (χ0n) is 17.2. The van der Waals surface area contributed by atoms with Gasteiger partial charge in [-0.25, -0.2) is 13.2 Å². The third-order valence-corrected chi connectivity index (χ3v) is 7.02. The van der Waals surface area contributed by atoms with E-state index in [1.54, 1.807) is 12.1 Å². The molecular weight excluding hydrogens is 565 g/mol. The van der Waals surface area contributed by atoms with E-state index in [4.69, 9.17) is 21.1 Å². The van der Waals surface area contributed by atoms with Gasteiger partial charge in [-0.2, -0.15) is 13.2 Å². The molecule has 0 aromatic heterocycles. The number of methoxy groups -OCH3 is 1. The molecule has 0 aliphatic rings. The Bertz CT molecular complexity index is 1310. The second-order valence-corrected chi connectivity index (χ2v) is 9.92. The Hall–Kier alpha value is -2.76. The third kappa shape index (κ3) is 6.02. The van der Waals surface area contributed by atoms with Crippen molar-refractivity contribution in [1.29, 1.82) is 0 Å². The van der Waals surface area contributed by atoms with Crippen LogP contribution in [0.4, 0.5) is 13.2 Å². The normalized spacial score (nSPS) is 11.7. The molecule has 0 saturated heterocycles. The molecule has 180 valence electrons. The maximum atomic E-state index is 13.2. The fourth-order valence-electron chi connectivity index (χ4n) is 2.71. The van der Waals surface area contributed by atoms with E-state index >= 15 is 0 Å². The minimum Gasteiger partial charge on any atom is -0.480 e. The van der Waals surface area contributed by atoms with E-state index in [0.717, 1.165) is 19.2 Å². The number of ether oxygens (including phenoxy) is 3. The fourth-order valence-corrected chi connectivity index (χ4v) is 4.57. The minimum atomic E-state index is -4.58. The summed E-state index contributed by atoms with van der Waals surface area (Å²) >= 11 is 9.16. The first-order valence-electron chi connectivity index (χ1n) is 9.31. The standard InChI is InChI=1S/C22H15BrClF3O6S/c1-31-21(28)12-32-19-11-15(33-18-8-2-13(10-17(18)24)22(25,26)27)5-9-20(19)34(29,30)16-6-3-14(23)4-7-16/h2-11H,12H2,1H3. The minimum absolute atomic E-state index is 0.0104. The fraction of sp³-hybridized carbons (Fsp3) is 0.136. The quantitative estimate of drug-likeness (QED) is 0.306. The highest BCUT2D eigenvalue weighted by Gasteiger charge is 2.31. The van der Waals surface area contributed by atoms with Crippen molar-refractivity contribution in [2.45, 2.75) is 16.0 Å². The Morgan fingerprint density at radius 2 is 1.68 bits per heavy atom. The maximum Gasteiger partial charge on any atom is 0.416 e. The van der Waals surface area contributed by atoms with Gasteiger partial charge in [0.2, 0.25) is 9.84 Å². The molecular formula is C22H15BrClF3O6S. The highest BCUT2D eigenvalue weighted by molar-refractivity contribution is 9.10. The summed E-state index contributed by atoms with van der Waals surface area (Å²) in [6, 6.07) is 12.1. The molecule has 3 rings (SSSR count). The molecule has 0 aliphatic carbocycles. The zero-order chi connectivity index (χ0) is 25.1. The van der Waals surface area contributed by atoms with Gasteiger partial charge in [0.25, 0.3) is 0 Å². The third-order valence-electron chi connectivity index (χ3n) is 4.39. The summed E-state index contributed by atoms with van der Waals surface area (Å²) in [6.07, 6.45) is -4.58. The molecule has 0 radical (unpaired) electrons. The number of hydrogen-bond donors (Lipinski definition) is 0. The molecule has 0 bridgehead atoms. The van der Waals surface area contributed by atoms with Crippen molar-refractivity contribution in [3.8, 4) is 17.2 Å². The number of rotatable bonds is 7. The van der Waals surface area contributed by atoms with Crippen molar-refractivity contribution < 1.29 is 40.6 Å². The smallest absolute Gasteiger partial charge is 0.416 e. The van der Waals surface area contributed by atoms with E-state index in [-0.39, 0.29) is 32.1 Å². The molecule has 0 fully saturated rings. The van der Waals surface area contributed by atoms with Crippen LogP contribution in [0.25, 0.3) is 0 Å². The van der Waals surface area contributed by atoms with Crippen molar-refractivity contribution in [2.24, 2.45) is 0 Å². The van der Waals surface area contributed by atoms with Crippen LogP contribution in [0.15, 0.2) is 74.9 Å². The van der Waals surface area contributed by atoms with Crippen molar-refractivity contribution in [3.05, 3.63) is 75.7 Å². The lowest BCUT2D eigenvalue weighted by Crippen LogP contribution is -2.14. The Morgan fingerprint density at radius 3 is 2.26 bits per heavy atom. The number of carbonyl (C=O) groups excluding carboxylic acids is 1. The average Bonchev–Trinajstić information content (AvgIpc) is 2.78. The van der Waals surface area contributed by atoms with E-state index in [2.05, 4.69) is 20.7 Å². The Kier molecular flexibility index (Phi) is 7.79. The lowest BCUT2D eigenvalue weighted by molar-refractivity contribution is -0.143. The van der Waals surface area contributed by atoms with Gasteiger partial charge in [-0.15, -0.1) is 0 Å². The molecule has 3 aromatic rings. The van der Waals surface area contributed by atoms with Crippen LogP contribution >= 0.6 is 27.5 Å². The number of esters is 1. The zero-order valence-corrected chi connectivity index (χ0v) is 20.4. The van der Waals surface area contributed by atoms with Crippen molar-refractivity contribution in [3.63, 3.8) is 0 Å². The van der Waals surface area contributed by atoms with Gasteiger partial charge in [-0.3, -0.25) is 0 Å². The Labute approximate surface area is 206 Å².